The standard InChI is InChI=1S/C9H7N3OS/c1-5-4-6-2-3-7(12-14)10-8(6)11-9(5)13/h2-4H,1H3,(H,10,11,13). The molecule has 2 aromatic heterocycles. The van der Waals surface area contributed by atoms with Crippen molar-refractivity contribution in [1.29, 1.82) is 0 Å². The molecule has 0 aliphatic rings. The van der Waals surface area contributed by atoms with Gasteiger partial charge in [-0.25, -0.2) is 4.98 Å². The first kappa shape index (κ1) is 8.96. The highest BCUT2D eigenvalue weighted by molar-refractivity contribution is 7.47. The van der Waals surface area contributed by atoms with Gasteiger partial charge in [-0.3, -0.25) is 4.79 Å². The Morgan fingerprint density at radius 3 is 3.00 bits per heavy atom. The summed E-state index contributed by atoms with van der Waals surface area (Å²) in [6.07, 6.45) is 0. The number of pyridine rings is 2. The molecule has 0 unspecified atom stereocenters. The van der Waals surface area contributed by atoms with Gasteiger partial charge in [-0.2, -0.15) is 4.36 Å². The summed E-state index contributed by atoms with van der Waals surface area (Å²) < 4.78 is 3.52. The highest BCUT2D eigenvalue weighted by Gasteiger charge is 2.00. The minimum atomic E-state index is -0.133. The summed E-state index contributed by atoms with van der Waals surface area (Å²) in [5.41, 5.74) is 1.06. The number of fused-ring (bicyclic) bond motifs is 1. The normalized spacial score (nSPS) is 10.4. The molecule has 2 aromatic rings. The van der Waals surface area contributed by atoms with Gasteiger partial charge in [0.15, 0.2) is 5.82 Å². The Bertz CT molecular complexity index is 561. The Hall–Kier alpha value is -1.62. The molecule has 0 saturated heterocycles. The van der Waals surface area contributed by atoms with Gasteiger partial charge in [0.1, 0.15) is 5.65 Å². The van der Waals surface area contributed by atoms with E-state index in [0.717, 1.165) is 5.39 Å². The Morgan fingerprint density at radius 2 is 2.29 bits per heavy atom. The fourth-order valence-electron chi connectivity index (χ4n) is 1.23. The number of aryl methyl sites for hydroxylation is 1. The highest BCUT2D eigenvalue weighted by Crippen LogP contribution is 2.13. The molecule has 0 bridgehead atoms. The Labute approximate surface area is 85.2 Å². The van der Waals surface area contributed by atoms with E-state index in [1.807, 2.05) is 6.07 Å². The number of rotatable bonds is 1. The molecular formula is C9H7N3OS. The van der Waals surface area contributed by atoms with Crippen LogP contribution in [-0.4, -0.2) is 9.97 Å². The Morgan fingerprint density at radius 1 is 1.50 bits per heavy atom. The lowest BCUT2D eigenvalue weighted by atomic mass is 10.2. The Kier molecular flexibility index (Phi) is 2.09. The molecule has 70 valence electrons. The lowest BCUT2D eigenvalue weighted by Gasteiger charge is -1.98. The van der Waals surface area contributed by atoms with Crippen molar-refractivity contribution in [1.82, 2.24) is 9.97 Å². The van der Waals surface area contributed by atoms with Crippen molar-refractivity contribution in [3.8, 4) is 0 Å². The molecule has 0 spiro atoms. The first-order chi connectivity index (χ1) is 6.70. The molecule has 0 aliphatic heterocycles. The number of hydrogen-bond acceptors (Lipinski definition) is 4. The van der Waals surface area contributed by atoms with Crippen molar-refractivity contribution in [2.75, 3.05) is 0 Å². The number of nitrogens with zero attached hydrogens (tertiary/aromatic N) is 2. The van der Waals surface area contributed by atoms with E-state index in [9.17, 15) is 4.79 Å². The van der Waals surface area contributed by atoms with Crippen LogP contribution in [0.15, 0.2) is 27.4 Å². The minimum absolute atomic E-state index is 0.133. The van der Waals surface area contributed by atoms with Gasteiger partial charge in [0.05, 0.1) is 0 Å². The van der Waals surface area contributed by atoms with Crippen LogP contribution in [0.3, 0.4) is 0 Å². The minimum Gasteiger partial charge on any atom is -0.306 e. The third-order valence-electron chi connectivity index (χ3n) is 1.97. The summed E-state index contributed by atoms with van der Waals surface area (Å²) in [6, 6.07) is 5.33. The van der Waals surface area contributed by atoms with E-state index in [4.69, 9.17) is 0 Å². The zero-order valence-corrected chi connectivity index (χ0v) is 8.26. The van der Waals surface area contributed by atoms with Gasteiger partial charge in [-0.15, -0.1) is 0 Å². The quantitative estimate of drug-likeness (QED) is 0.769. The van der Waals surface area contributed by atoms with E-state index in [1.54, 1.807) is 19.1 Å². The van der Waals surface area contributed by atoms with E-state index in [2.05, 4.69) is 26.8 Å². The first-order valence-electron chi connectivity index (χ1n) is 4.05. The van der Waals surface area contributed by atoms with Crippen LogP contribution >= 0.6 is 0 Å². The molecule has 0 radical (unpaired) electrons. The van der Waals surface area contributed by atoms with E-state index in [0.29, 0.717) is 17.0 Å². The zero-order chi connectivity index (χ0) is 10.1. The Balaban J connectivity index is 2.83. The van der Waals surface area contributed by atoms with Gasteiger partial charge in [-0.05, 0) is 25.1 Å². The second-order valence-corrected chi connectivity index (χ2v) is 3.16. The number of H-pyrrole nitrogens is 1. The van der Waals surface area contributed by atoms with Crippen molar-refractivity contribution in [3.63, 3.8) is 0 Å². The second kappa shape index (κ2) is 3.26. The summed E-state index contributed by atoms with van der Waals surface area (Å²) in [5, 5.41) is 0.879. The summed E-state index contributed by atoms with van der Waals surface area (Å²) >= 11 is 4.51. The van der Waals surface area contributed by atoms with Crippen LogP contribution in [0, 0.1) is 6.92 Å². The van der Waals surface area contributed by atoms with Crippen molar-refractivity contribution >= 4 is 29.3 Å². The van der Waals surface area contributed by atoms with E-state index in [-0.39, 0.29) is 5.56 Å². The third kappa shape index (κ3) is 1.42. The van der Waals surface area contributed by atoms with Crippen molar-refractivity contribution in [2.24, 2.45) is 4.36 Å². The van der Waals surface area contributed by atoms with Crippen molar-refractivity contribution < 1.29 is 0 Å². The fraction of sp³-hybridized carbons (Fsp3) is 0.111. The predicted molar refractivity (Wildman–Crippen MR) is 56.6 cm³/mol. The van der Waals surface area contributed by atoms with Crippen LogP contribution in [0.2, 0.25) is 0 Å². The number of aromatic amines is 1. The maximum atomic E-state index is 11.3. The van der Waals surface area contributed by atoms with Crippen LogP contribution in [0.4, 0.5) is 5.82 Å². The van der Waals surface area contributed by atoms with Gasteiger partial charge in [0.25, 0.3) is 5.56 Å². The third-order valence-corrected chi connectivity index (χ3v) is 2.15. The van der Waals surface area contributed by atoms with Crippen molar-refractivity contribution in [3.05, 3.63) is 34.1 Å². The molecule has 2 heterocycles. The second-order valence-electron chi connectivity index (χ2n) is 2.98. The smallest absolute Gasteiger partial charge is 0.252 e. The van der Waals surface area contributed by atoms with Crippen LogP contribution in [0.1, 0.15) is 5.56 Å². The SMILES string of the molecule is Cc1cc2ccc(N=S)nc2[nH]c1=O. The van der Waals surface area contributed by atoms with Crippen molar-refractivity contribution in [2.45, 2.75) is 6.92 Å². The molecule has 1 N–H and O–H groups in total. The summed E-state index contributed by atoms with van der Waals surface area (Å²) in [4.78, 5) is 18.0. The summed E-state index contributed by atoms with van der Waals surface area (Å²) in [7, 11) is 0. The maximum absolute atomic E-state index is 11.3. The van der Waals surface area contributed by atoms with Gasteiger partial charge in [-0.1, -0.05) is 0 Å². The van der Waals surface area contributed by atoms with Gasteiger partial charge in [0, 0.05) is 23.4 Å². The van der Waals surface area contributed by atoms with Crippen LogP contribution in [0.5, 0.6) is 0 Å². The molecule has 0 aliphatic carbocycles. The predicted octanol–water partition coefficient (Wildman–Crippen LogP) is 1.59. The monoisotopic (exact) mass is 205 g/mol. The van der Waals surface area contributed by atoms with Gasteiger partial charge < -0.3 is 4.98 Å². The molecular weight excluding hydrogens is 198 g/mol. The number of nitrogens with one attached hydrogen (secondary N) is 1. The maximum Gasteiger partial charge on any atom is 0.252 e. The molecule has 0 amide bonds. The molecule has 0 saturated carbocycles. The fourth-order valence-corrected chi connectivity index (χ4v) is 1.33. The lowest BCUT2D eigenvalue weighted by Crippen LogP contribution is -2.09. The largest absolute Gasteiger partial charge is 0.306 e. The highest BCUT2D eigenvalue weighted by atomic mass is 32.1. The average Bonchev–Trinajstić information content (AvgIpc) is 2.19. The average molecular weight is 205 g/mol. The molecule has 0 atom stereocenters. The first-order valence-corrected chi connectivity index (χ1v) is 4.41. The van der Waals surface area contributed by atoms with E-state index in [1.165, 1.54) is 0 Å². The molecule has 0 fully saturated rings. The zero-order valence-electron chi connectivity index (χ0n) is 7.44. The number of aromatic nitrogens is 2. The molecule has 0 aromatic carbocycles. The van der Waals surface area contributed by atoms with Crippen LogP contribution in [0.25, 0.3) is 11.0 Å². The van der Waals surface area contributed by atoms with Crippen LogP contribution < -0.4 is 5.56 Å². The number of hydrogen-bond donors (Lipinski definition) is 1. The van der Waals surface area contributed by atoms with Gasteiger partial charge in [0.2, 0.25) is 0 Å². The molecule has 2 rings (SSSR count). The van der Waals surface area contributed by atoms with E-state index < -0.39 is 0 Å². The van der Waals surface area contributed by atoms with E-state index >= 15 is 0 Å². The lowest BCUT2D eigenvalue weighted by molar-refractivity contribution is 1.18. The summed E-state index contributed by atoms with van der Waals surface area (Å²) in [6.45, 7) is 1.75. The summed E-state index contributed by atoms with van der Waals surface area (Å²) in [5.74, 6) is 0.437. The molecule has 5 heteroatoms. The molecule has 14 heavy (non-hydrogen) atoms. The topological polar surface area (TPSA) is 58.1 Å². The van der Waals surface area contributed by atoms with Gasteiger partial charge >= 0.3 is 0 Å². The molecule has 4 nitrogen and oxygen atoms in total. The van der Waals surface area contributed by atoms with Crippen LogP contribution in [-0.2, 0) is 12.4 Å².